The Balaban J connectivity index is 1.39. The van der Waals surface area contributed by atoms with Gasteiger partial charge in [-0.1, -0.05) is 36.4 Å². The van der Waals surface area contributed by atoms with Crippen LogP contribution in [0.4, 0.5) is 0 Å². The lowest BCUT2D eigenvalue weighted by molar-refractivity contribution is -0.00586. The SMILES string of the molecule is CC(C)(C)OCCCCOc1ccc2ccc3c4c(c5ccc6ccc(OCCCCOC(C)(C)C)cc6c5c3c2c1)C(=O)NC4=O. The molecular formula is C40H45NO6. The van der Waals surface area contributed by atoms with Gasteiger partial charge in [0.05, 0.1) is 35.5 Å². The zero-order valence-electron chi connectivity index (χ0n) is 28.4. The molecule has 246 valence electrons. The van der Waals surface area contributed by atoms with E-state index in [4.69, 9.17) is 18.9 Å². The standard InChI is InChI=1S/C40H45NO6/c1-39(2,3)46-21-9-7-19-44-27-15-11-25-13-17-29-33(31(25)23-27)34-30(36-35(29)37(42)41-38(36)43)18-14-26-12-16-28(24-32(26)34)45-20-8-10-22-47-40(4,5)6/h11-18,23-24H,7-10,19-22H2,1-6H3,(H,41,42,43). The second-order valence-electron chi connectivity index (χ2n) is 14.3. The molecule has 0 atom stereocenters. The van der Waals surface area contributed by atoms with Crippen molar-refractivity contribution < 1.29 is 28.5 Å². The molecule has 6 rings (SSSR count). The molecule has 1 heterocycles. The van der Waals surface area contributed by atoms with Gasteiger partial charge in [-0.2, -0.15) is 0 Å². The summed E-state index contributed by atoms with van der Waals surface area (Å²) >= 11 is 0. The van der Waals surface area contributed by atoms with E-state index in [1.54, 1.807) is 0 Å². The molecule has 47 heavy (non-hydrogen) atoms. The molecule has 7 nitrogen and oxygen atoms in total. The Labute approximate surface area is 276 Å². The summed E-state index contributed by atoms with van der Waals surface area (Å²) < 4.78 is 24.1. The third-order valence-corrected chi connectivity index (χ3v) is 8.39. The Morgan fingerprint density at radius 2 is 0.894 bits per heavy atom. The third-order valence-electron chi connectivity index (χ3n) is 8.39. The van der Waals surface area contributed by atoms with Gasteiger partial charge < -0.3 is 18.9 Å². The summed E-state index contributed by atoms with van der Waals surface area (Å²) in [5.41, 5.74) is 0.550. The van der Waals surface area contributed by atoms with Gasteiger partial charge in [-0.25, -0.2) is 0 Å². The van der Waals surface area contributed by atoms with E-state index >= 15 is 0 Å². The van der Waals surface area contributed by atoms with Gasteiger partial charge in [0.1, 0.15) is 11.5 Å². The number of amides is 2. The van der Waals surface area contributed by atoms with Crippen LogP contribution in [-0.4, -0.2) is 49.4 Å². The first-order chi connectivity index (χ1) is 22.4. The van der Waals surface area contributed by atoms with Crippen molar-refractivity contribution in [2.24, 2.45) is 0 Å². The third kappa shape index (κ3) is 7.21. The molecule has 0 unspecified atom stereocenters. The van der Waals surface area contributed by atoms with Gasteiger partial charge in [0.15, 0.2) is 0 Å². The molecule has 0 aliphatic carbocycles. The molecule has 2 amide bonds. The predicted octanol–water partition coefficient (Wildman–Crippen LogP) is 9.13. The van der Waals surface area contributed by atoms with E-state index in [0.29, 0.717) is 37.6 Å². The number of nitrogens with one attached hydrogen (secondary N) is 1. The molecule has 1 N–H and O–H groups in total. The Kier molecular flexibility index (Phi) is 9.14. The number of carbonyl (C=O) groups is 2. The van der Waals surface area contributed by atoms with Gasteiger partial charge in [0.25, 0.3) is 11.8 Å². The van der Waals surface area contributed by atoms with Gasteiger partial charge >= 0.3 is 0 Å². The van der Waals surface area contributed by atoms with E-state index in [9.17, 15) is 9.59 Å². The Hall–Kier alpha value is -4.20. The topological polar surface area (TPSA) is 83.1 Å². The summed E-state index contributed by atoms with van der Waals surface area (Å²) in [5, 5.41) is 9.87. The van der Waals surface area contributed by atoms with Crippen LogP contribution in [0.3, 0.4) is 0 Å². The first kappa shape index (κ1) is 32.7. The maximum absolute atomic E-state index is 13.2. The molecule has 7 heteroatoms. The lowest BCUT2D eigenvalue weighted by Gasteiger charge is -2.19. The van der Waals surface area contributed by atoms with Gasteiger partial charge in [-0.15, -0.1) is 0 Å². The van der Waals surface area contributed by atoms with Crippen LogP contribution in [0.15, 0.2) is 60.7 Å². The van der Waals surface area contributed by atoms with Crippen molar-refractivity contribution in [3.8, 4) is 11.5 Å². The van der Waals surface area contributed by atoms with E-state index < -0.39 is 0 Å². The van der Waals surface area contributed by atoms with Crippen molar-refractivity contribution >= 4 is 54.9 Å². The number of hydrogen-bond acceptors (Lipinski definition) is 6. The highest BCUT2D eigenvalue weighted by atomic mass is 16.5. The average Bonchev–Trinajstić information content (AvgIpc) is 3.32. The predicted molar refractivity (Wildman–Crippen MR) is 189 cm³/mol. The second kappa shape index (κ2) is 13.1. The quantitative estimate of drug-likeness (QED) is 0.0836. The molecule has 0 aromatic heterocycles. The lowest BCUT2D eigenvalue weighted by Crippen LogP contribution is -2.20. The molecule has 1 aliphatic heterocycles. The molecule has 0 bridgehead atoms. The van der Waals surface area contributed by atoms with Crippen molar-refractivity contribution in [3.63, 3.8) is 0 Å². The van der Waals surface area contributed by atoms with Gasteiger partial charge in [-0.05, 0) is 135 Å². The van der Waals surface area contributed by atoms with E-state index in [1.807, 2.05) is 36.4 Å². The normalized spacial score (nSPS) is 13.6. The molecule has 5 aromatic rings. The number of fused-ring (bicyclic) bond motifs is 10. The lowest BCUT2D eigenvalue weighted by atomic mass is 9.87. The molecule has 0 fully saturated rings. The molecule has 1 aliphatic rings. The minimum Gasteiger partial charge on any atom is -0.494 e. The van der Waals surface area contributed by atoms with Crippen LogP contribution < -0.4 is 14.8 Å². The monoisotopic (exact) mass is 635 g/mol. The van der Waals surface area contributed by atoms with Crippen molar-refractivity contribution in [1.29, 1.82) is 0 Å². The van der Waals surface area contributed by atoms with Crippen LogP contribution in [0.2, 0.25) is 0 Å². The minimum absolute atomic E-state index is 0.150. The fourth-order valence-electron chi connectivity index (χ4n) is 6.25. The molecule has 0 saturated heterocycles. The van der Waals surface area contributed by atoms with E-state index in [1.165, 1.54) is 0 Å². The number of ether oxygens (including phenoxy) is 4. The first-order valence-corrected chi connectivity index (χ1v) is 16.7. The van der Waals surface area contributed by atoms with Crippen molar-refractivity contribution in [3.05, 3.63) is 71.8 Å². The first-order valence-electron chi connectivity index (χ1n) is 16.7. The van der Waals surface area contributed by atoms with Crippen LogP contribution in [0, 0.1) is 0 Å². The number of hydrogen-bond donors (Lipinski definition) is 1. The van der Waals surface area contributed by atoms with E-state index in [0.717, 1.165) is 80.3 Å². The zero-order chi connectivity index (χ0) is 33.3. The van der Waals surface area contributed by atoms with Gasteiger partial charge in [0, 0.05) is 13.2 Å². The maximum Gasteiger partial charge on any atom is 0.259 e. The average molecular weight is 636 g/mol. The Morgan fingerprint density at radius 1 is 0.511 bits per heavy atom. The van der Waals surface area contributed by atoms with Gasteiger partial charge in [0.2, 0.25) is 0 Å². The number of carbonyl (C=O) groups excluding carboxylic acids is 2. The van der Waals surface area contributed by atoms with Crippen LogP contribution in [0.1, 0.15) is 87.9 Å². The minimum atomic E-state index is -0.367. The number of benzene rings is 5. The number of unbranched alkanes of at least 4 members (excludes halogenated alkanes) is 2. The van der Waals surface area contributed by atoms with Gasteiger partial charge in [-0.3, -0.25) is 14.9 Å². The highest BCUT2D eigenvalue weighted by molar-refractivity contribution is 6.39. The summed E-state index contributed by atoms with van der Waals surface area (Å²) in [6.45, 7) is 14.9. The fraction of sp³-hybridized carbons (Fsp3) is 0.400. The fourth-order valence-corrected chi connectivity index (χ4v) is 6.25. The Morgan fingerprint density at radius 3 is 1.30 bits per heavy atom. The molecule has 0 saturated carbocycles. The zero-order valence-corrected chi connectivity index (χ0v) is 28.4. The highest BCUT2D eigenvalue weighted by Gasteiger charge is 2.32. The Bertz CT molecular complexity index is 1840. The molecular weight excluding hydrogens is 590 g/mol. The molecule has 5 aromatic carbocycles. The highest BCUT2D eigenvalue weighted by Crippen LogP contribution is 2.43. The summed E-state index contributed by atoms with van der Waals surface area (Å²) in [7, 11) is 0. The number of imide groups is 1. The largest absolute Gasteiger partial charge is 0.494 e. The van der Waals surface area contributed by atoms with Crippen molar-refractivity contribution in [2.75, 3.05) is 26.4 Å². The van der Waals surface area contributed by atoms with Crippen LogP contribution in [0.25, 0.3) is 43.1 Å². The summed E-state index contributed by atoms with van der Waals surface area (Å²) in [6.07, 6.45) is 3.57. The summed E-state index contributed by atoms with van der Waals surface area (Å²) in [5.74, 6) is 0.786. The van der Waals surface area contributed by atoms with Crippen LogP contribution in [-0.2, 0) is 9.47 Å². The second-order valence-corrected chi connectivity index (χ2v) is 14.3. The molecule has 0 spiro atoms. The smallest absolute Gasteiger partial charge is 0.259 e. The maximum atomic E-state index is 13.2. The number of rotatable bonds is 12. The van der Waals surface area contributed by atoms with E-state index in [2.05, 4.69) is 71.1 Å². The van der Waals surface area contributed by atoms with Crippen LogP contribution >= 0.6 is 0 Å². The van der Waals surface area contributed by atoms with Crippen molar-refractivity contribution in [1.82, 2.24) is 5.32 Å². The summed E-state index contributed by atoms with van der Waals surface area (Å²) in [4.78, 5) is 26.4. The molecule has 0 radical (unpaired) electrons. The van der Waals surface area contributed by atoms with Crippen LogP contribution in [0.5, 0.6) is 11.5 Å². The summed E-state index contributed by atoms with van der Waals surface area (Å²) in [6, 6.07) is 20.1. The van der Waals surface area contributed by atoms with E-state index in [-0.39, 0.29) is 23.0 Å². The van der Waals surface area contributed by atoms with Crippen molar-refractivity contribution in [2.45, 2.75) is 78.4 Å².